The fraction of sp³-hybridized carbons (Fsp3) is 0.706. The summed E-state index contributed by atoms with van der Waals surface area (Å²) >= 11 is 0. The molecule has 4 N–H and O–H groups in total. The summed E-state index contributed by atoms with van der Waals surface area (Å²) in [4.78, 5) is 17.6. The molecule has 2 aromatic heterocycles. The van der Waals surface area contributed by atoms with Crippen LogP contribution in [-0.2, 0) is 14.0 Å². The molecule has 156 valence electrons. The monoisotopic (exact) mass is 424 g/mol. The molecule has 12 heteroatoms. The van der Waals surface area contributed by atoms with Crippen LogP contribution in [0.15, 0.2) is 12.5 Å². The second-order valence-electron chi connectivity index (χ2n) is 7.99. The number of aliphatic hydroxyl groups excluding tert-OH is 1. The van der Waals surface area contributed by atoms with E-state index in [4.69, 9.17) is 14.4 Å². The Balaban J connectivity index is 1.33. The third kappa shape index (κ3) is 2.96. The number of nitrogens with one attached hydrogen (secondary N) is 1. The van der Waals surface area contributed by atoms with Crippen LogP contribution in [0.25, 0.3) is 5.65 Å². The van der Waals surface area contributed by atoms with Gasteiger partial charge in [-0.3, -0.25) is 0 Å². The molecule has 0 amide bonds. The molecule has 3 heterocycles. The van der Waals surface area contributed by atoms with Gasteiger partial charge in [-0.2, -0.15) is 9.99 Å². The van der Waals surface area contributed by atoms with Gasteiger partial charge in [-0.05, 0) is 23.3 Å². The van der Waals surface area contributed by atoms with Gasteiger partial charge in [-0.15, -0.1) is 0 Å². The molecule has 3 fully saturated rings. The zero-order valence-corrected chi connectivity index (χ0v) is 16.6. The maximum absolute atomic E-state index is 10.8. The normalized spacial score (nSPS) is 38.6. The van der Waals surface area contributed by atoms with Crippen LogP contribution in [-0.4, -0.2) is 71.0 Å². The molecule has 2 unspecified atom stereocenters. The molecule has 2 saturated carbocycles. The van der Waals surface area contributed by atoms with E-state index in [1.54, 1.807) is 10.7 Å². The van der Waals surface area contributed by atoms with Gasteiger partial charge < -0.3 is 25.0 Å². The van der Waals surface area contributed by atoms with Crippen molar-refractivity contribution >= 4 is 19.5 Å². The van der Waals surface area contributed by atoms with E-state index in [1.165, 1.54) is 12.7 Å². The van der Waals surface area contributed by atoms with Crippen LogP contribution < -0.4 is 5.32 Å². The number of anilines is 1. The molecule has 0 aromatic carbocycles. The number of hydrogen-bond donors (Lipinski definition) is 4. The number of imidazole rings is 1. The van der Waals surface area contributed by atoms with Gasteiger partial charge in [0.2, 0.25) is 0 Å². The molecule has 0 bridgehead atoms. The molecule has 5 rings (SSSR count). The standard InChI is InChI=1S/C17H22N5O6P/c1-2-8-3-9(4-8)21-15-16-18-5-10(22(16)20-6-19-15)11-12(23)17(24)13(14(17)28-11)27-7-29(25)26/h5-6,8-9,11-14,23-24H,2-4,7H2,1H3,(H-,19,20,21,25,26)/p+1/t8?,9?,11-,12-,13?,14+,17+/m0/s1. The summed E-state index contributed by atoms with van der Waals surface area (Å²) in [5.41, 5.74) is -0.600. The van der Waals surface area contributed by atoms with E-state index in [0.29, 0.717) is 23.2 Å². The van der Waals surface area contributed by atoms with Crippen LogP contribution in [0.1, 0.15) is 38.0 Å². The van der Waals surface area contributed by atoms with Crippen molar-refractivity contribution in [3.05, 3.63) is 18.2 Å². The molecule has 3 aliphatic rings. The average molecular weight is 424 g/mol. The third-order valence-electron chi connectivity index (χ3n) is 6.27. The first-order valence-electron chi connectivity index (χ1n) is 9.69. The maximum atomic E-state index is 10.8. The number of rotatable bonds is 7. The van der Waals surface area contributed by atoms with Crippen molar-refractivity contribution in [1.82, 2.24) is 19.6 Å². The van der Waals surface area contributed by atoms with Crippen molar-refractivity contribution in [2.75, 3.05) is 11.7 Å². The van der Waals surface area contributed by atoms with Gasteiger partial charge in [0.05, 0.1) is 11.9 Å². The highest BCUT2D eigenvalue weighted by molar-refractivity contribution is 7.37. The average Bonchev–Trinajstić information content (AvgIpc) is 2.93. The molecule has 1 saturated heterocycles. The first kappa shape index (κ1) is 19.2. The Morgan fingerprint density at radius 3 is 2.90 bits per heavy atom. The summed E-state index contributed by atoms with van der Waals surface area (Å²) in [5, 5.41) is 28.9. The summed E-state index contributed by atoms with van der Waals surface area (Å²) in [6.45, 7) is 2.19. The molecule has 2 aliphatic carbocycles. The van der Waals surface area contributed by atoms with Crippen LogP contribution in [0.3, 0.4) is 0 Å². The summed E-state index contributed by atoms with van der Waals surface area (Å²) < 4.78 is 23.3. The lowest BCUT2D eigenvalue weighted by molar-refractivity contribution is -0.0810. The summed E-state index contributed by atoms with van der Waals surface area (Å²) in [6.07, 6.45) is 2.17. The second-order valence-corrected chi connectivity index (χ2v) is 8.95. The number of aromatic nitrogens is 4. The molecule has 0 spiro atoms. The highest BCUT2D eigenvalue weighted by Crippen LogP contribution is 2.56. The van der Waals surface area contributed by atoms with E-state index in [1.807, 2.05) is 0 Å². The van der Waals surface area contributed by atoms with Crippen LogP contribution in [0.5, 0.6) is 0 Å². The Labute approximate surface area is 166 Å². The predicted octanol–water partition coefficient (Wildman–Crippen LogP) is 0.348. The highest BCUT2D eigenvalue weighted by Gasteiger charge is 2.78. The Kier molecular flexibility index (Phi) is 4.57. The number of aliphatic hydroxyl groups is 2. The van der Waals surface area contributed by atoms with Gasteiger partial charge in [-0.25, -0.2) is 14.5 Å². The van der Waals surface area contributed by atoms with E-state index >= 15 is 0 Å². The van der Waals surface area contributed by atoms with Crippen molar-refractivity contribution in [3.8, 4) is 0 Å². The second kappa shape index (κ2) is 6.90. The number of fused-ring (bicyclic) bond motifs is 2. The Hall–Kier alpha value is -1.75. The first-order valence-corrected chi connectivity index (χ1v) is 11.1. The highest BCUT2D eigenvalue weighted by atomic mass is 31.1. The molecule has 0 radical (unpaired) electrons. The van der Waals surface area contributed by atoms with Crippen LogP contribution >= 0.6 is 8.03 Å². The Bertz CT molecular complexity index is 952. The SMILES string of the molecule is CCC1CC(Nc2ncnn3c([C@@H]4O[C@@H]5C(OC[P+](=O)O)[C@]5(O)[C@H]4O)cnc23)C1. The molecule has 2 aromatic rings. The molecular weight excluding hydrogens is 401 g/mol. The van der Waals surface area contributed by atoms with E-state index in [-0.39, 0.29) is 0 Å². The van der Waals surface area contributed by atoms with Gasteiger partial charge in [0, 0.05) is 6.04 Å². The minimum absolute atomic E-state index is 0.358. The van der Waals surface area contributed by atoms with E-state index < -0.39 is 44.4 Å². The van der Waals surface area contributed by atoms with Crippen LogP contribution in [0, 0.1) is 5.92 Å². The van der Waals surface area contributed by atoms with E-state index in [0.717, 1.165) is 18.8 Å². The largest absolute Gasteiger partial charge is 0.534 e. The lowest BCUT2D eigenvalue weighted by atomic mass is 9.79. The smallest absolute Gasteiger partial charge is 0.387 e. The van der Waals surface area contributed by atoms with Gasteiger partial charge in [0.15, 0.2) is 17.1 Å². The number of nitrogens with zero attached hydrogens (tertiary/aromatic N) is 4. The lowest BCUT2D eigenvalue weighted by Gasteiger charge is -2.35. The van der Waals surface area contributed by atoms with Crippen molar-refractivity contribution in [3.63, 3.8) is 0 Å². The molecule has 11 nitrogen and oxygen atoms in total. The summed E-state index contributed by atoms with van der Waals surface area (Å²) in [6, 6.07) is 0.358. The summed E-state index contributed by atoms with van der Waals surface area (Å²) in [7, 11) is -2.49. The van der Waals surface area contributed by atoms with E-state index in [9.17, 15) is 14.8 Å². The topological polar surface area (TPSA) is 151 Å². The zero-order chi connectivity index (χ0) is 20.3. The van der Waals surface area contributed by atoms with Gasteiger partial charge in [0.25, 0.3) is 6.35 Å². The quantitative estimate of drug-likeness (QED) is 0.458. The Morgan fingerprint density at radius 2 is 2.24 bits per heavy atom. The van der Waals surface area contributed by atoms with Crippen LogP contribution in [0.2, 0.25) is 0 Å². The lowest BCUT2D eigenvalue weighted by Crippen LogP contribution is -2.36. The fourth-order valence-electron chi connectivity index (χ4n) is 4.43. The third-order valence-corrected chi connectivity index (χ3v) is 6.64. The number of hydrogen-bond acceptors (Lipinski definition) is 9. The van der Waals surface area contributed by atoms with Crippen molar-refractivity contribution in [1.29, 1.82) is 0 Å². The van der Waals surface area contributed by atoms with Crippen molar-refractivity contribution in [2.45, 2.75) is 62.2 Å². The fourth-order valence-corrected chi connectivity index (χ4v) is 4.72. The van der Waals surface area contributed by atoms with Gasteiger partial charge in [-0.1, -0.05) is 13.3 Å². The summed E-state index contributed by atoms with van der Waals surface area (Å²) in [5.74, 6) is 1.37. The van der Waals surface area contributed by atoms with Gasteiger partial charge >= 0.3 is 8.03 Å². The maximum Gasteiger partial charge on any atom is 0.534 e. The molecular formula is C17H23N5O6P+. The predicted molar refractivity (Wildman–Crippen MR) is 99.3 cm³/mol. The molecule has 29 heavy (non-hydrogen) atoms. The number of ether oxygens (including phenoxy) is 2. The minimum Gasteiger partial charge on any atom is -0.387 e. The Morgan fingerprint density at radius 1 is 1.45 bits per heavy atom. The van der Waals surface area contributed by atoms with Crippen LogP contribution in [0.4, 0.5) is 5.82 Å². The van der Waals surface area contributed by atoms with E-state index in [2.05, 4.69) is 27.3 Å². The molecule has 6 atom stereocenters. The zero-order valence-electron chi connectivity index (χ0n) is 15.7. The minimum atomic E-state index is -2.49. The molecule has 1 aliphatic heterocycles. The van der Waals surface area contributed by atoms with Crippen molar-refractivity contribution in [2.24, 2.45) is 5.92 Å². The first-order chi connectivity index (χ1) is 13.9. The van der Waals surface area contributed by atoms with Crippen molar-refractivity contribution < 1.29 is 29.1 Å². The van der Waals surface area contributed by atoms with Gasteiger partial charge in [0.1, 0.15) is 30.7 Å².